The molecule has 0 spiro atoms. The maximum Gasteiger partial charge on any atom is 0.00962 e. The number of hydrogen-bond acceptors (Lipinski definition) is 2. The molecule has 0 amide bonds. The fourth-order valence-corrected chi connectivity index (χ4v) is 3.86. The van der Waals surface area contributed by atoms with Gasteiger partial charge in [0.2, 0.25) is 0 Å². The number of rotatable bonds is 2. The fraction of sp³-hybridized carbons (Fsp3) is 1.00. The van der Waals surface area contributed by atoms with E-state index in [4.69, 9.17) is 5.73 Å². The molecule has 18 heavy (non-hydrogen) atoms. The van der Waals surface area contributed by atoms with E-state index in [0.717, 1.165) is 12.1 Å². The van der Waals surface area contributed by atoms with E-state index < -0.39 is 0 Å². The Labute approximate surface area is 113 Å². The molecule has 2 aliphatic carbocycles. The molecular weight excluding hydrogens is 220 g/mol. The average molecular weight is 252 g/mol. The van der Waals surface area contributed by atoms with Gasteiger partial charge >= 0.3 is 0 Å². The highest BCUT2D eigenvalue weighted by Crippen LogP contribution is 2.36. The summed E-state index contributed by atoms with van der Waals surface area (Å²) < 4.78 is 0. The molecule has 2 N–H and O–H groups in total. The predicted octanol–water partition coefficient (Wildman–Crippen LogP) is 3.55. The number of nitrogens with two attached hydrogens (primary N) is 1. The van der Waals surface area contributed by atoms with Crippen LogP contribution < -0.4 is 5.73 Å². The number of hydrogen-bond donors (Lipinski definition) is 1. The summed E-state index contributed by atoms with van der Waals surface area (Å²) in [6.45, 7) is 4.88. The zero-order chi connectivity index (χ0) is 13.2. The maximum absolute atomic E-state index is 6.02. The molecule has 2 aliphatic rings. The topological polar surface area (TPSA) is 29.3 Å². The van der Waals surface area contributed by atoms with Crippen LogP contribution in [0.25, 0.3) is 0 Å². The quantitative estimate of drug-likeness (QED) is 0.762. The molecule has 0 saturated heterocycles. The Kier molecular flexibility index (Phi) is 4.71. The van der Waals surface area contributed by atoms with Crippen LogP contribution in [-0.4, -0.2) is 30.1 Å². The first-order valence-electron chi connectivity index (χ1n) is 7.95. The number of nitrogens with zero attached hydrogens (tertiary/aromatic N) is 1. The summed E-state index contributed by atoms with van der Waals surface area (Å²) >= 11 is 0. The SMILES string of the molecule is CN(C1CCC(N)CC1)C1CCCC(C)(C)CC1. The van der Waals surface area contributed by atoms with Crippen molar-refractivity contribution in [2.45, 2.75) is 89.8 Å². The van der Waals surface area contributed by atoms with Gasteiger partial charge in [-0.25, -0.2) is 0 Å². The lowest BCUT2D eigenvalue weighted by Crippen LogP contribution is -2.44. The van der Waals surface area contributed by atoms with Gasteiger partial charge in [0, 0.05) is 18.1 Å². The average Bonchev–Trinajstić information content (AvgIpc) is 2.50. The van der Waals surface area contributed by atoms with Crippen molar-refractivity contribution in [1.82, 2.24) is 4.90 Å². The van der Waals surface area contributed by atoms with Gasteiger partial charge in [-0.3, -0.25) is 0 Å². The second-order valence-corrected chi connectivity index (χ2v) is 7.48. The van der Waals surface area contributed by atoms with E-state index in [9.17, 15) is 0 Å². The maximum atomic E-state index is 6.02. The molecule has 0 aliphatic heterocycles. The van der Waals surface area contributed by atoms with Crippen molar-refractivity contribution >= 4 is 0 Å². The minimum atomic E-state index is 0.475. The van der Waals surface area contributed by atoms with Crippen molar-refractivity contribution < 1.29 is 0 Å². The van der Waals surface area contributed by atoms with Crippen molar-refractivity contribution in [3.8, 4) is 0 Å². The first kappa shape index (κ1) is 14.3. The Morgan fingerprint density at radius 3 is 2.17 bits per heavy atom. The standard InChI is InChI=1S/C16H32N2/c1-16(2)11-4-5-14(10-12-16)18(3)15-8-6-13(17)7-9-15/h13-15H,4-12,17H2,1-3H3. The Balaban J connectivity index is 1.86. The second-order valence-electron chi connectivity index (χ2n) is 7.48. The summed E-state index contributed by atoms with van der Waals surface area (Å²) in [5, 5.41) is 0. The zero-order valence-corrected chi connectivity index (χ0v) is 12.6. The lowest BCUT2D eigenvalue weighted by molar-refractivity contribution is 0.119. The highest BCUT2D eigenvalue weighted by atomic mass is 15.2. The van der Waals surface area contributed by atoms with E-state index in [1.165, 1.54) is 57.8 Å². The van der Waals surface area contributed by atoms with Gasteiger partial charge < -0.3 is 10.6 Å². The fourth-order valence-electron chi connectivity index (χ4n) is 3.86. The first-order valence-corrected chi connectivity index (χ1v) is 7.95. The molecule has 0 heterocycles. The molecule has 2 fully saturated rings. The molecule has 2 saturated carbocycles. The molecule has 0 aromatic rings. The van der Waals surface area contributed by atoms with Crippen LogP contribution in [0.4, 0.5) is 0 Å². The lowest BCUT2D eigenvalue weighted by Gasteiger charge is -2.38. The summed E-state index contributed by atoms with van der Waals surface area (Å²) in [4.78, 5) is 2.70. The van der Waals surface area contributed by atoms with Gasteiger partial charge in [-0.2, -0.15) is 0 Å². The molecular formula is C16H32N2. The monoisotopic (exact) mass is 252 g/mol. The third-order valence-corrected chi connectivity index (χ3v) is 5.44. The van der Waals surface area contributed by atoms with Crippen molar-refractivity contribution in [2.24, 2.45) is 11.1 Å². The van der Waals surface area contributed by atoms with Crippen LogP contribution in [0, 0.1) is 5.41 Å². The summed E-state index contributed by atoms with van der Waals surface area (Å²) in [5.41, 5.74) is 6.59. The van der Waals surface area contributed by atoms with Gasteiger partial charge in [-0.15, -0.1) is 0 Å². The van der Waals surface area contributed by atoms with E-state index >= 15 is 0 Å². The van der Waals surface area contributed by atoms with Crippen LogP contribution in [-0.2, 0) is 0 Å². The van der Waals surface area contributed by atoms with Crippen molar-refractivity contribution in [2.75, 3.05) is 7.05 Å². The van der Waals surface area contributed by atoms with Crippen molar-refractivity contribution in [1.29, 1.82) is 0 Å². The Bertz CT molecular complexity index is 254. The molecule has 1 atom stereocenters. The van der Waals surface area contributed by atoms with Crippen LogP contribution in [0.2, 0.25) is 0 Å². The normalized spacial score (nSPS) is 37.5. The van der Waals surface area contributed by atoms with Crippen molar-refractivity contribution in [3.63, 3.8) is 0 Å². The summed E-state index contributed by atoms with van der Waals surface area (Å²) in [5.74, 6) is 0. The smallest absolute Gasteiger partial charge is 0.00962 e. The van der Waals surface area contributed by atoms with Crippen LogP contribution in [0.1, 0.15) is 71.6 Å². The molecule has 0 radical (unpaired) electrons. The zero-order valence-electron chi connectivity index (χ0n) is 12.6. The Morgan fingerprint density at radius 1 is 0.889 bits per heavy atom. The van der Waals surface area contributed by atoms with E-state index in [-0.39, 0.29) is 0 Å². The molecule has 2 rings (SSSR count). The van der Waals surface area contributed by atoms with Crippen LogP contribution in [0.5, 0.6) is 0 Å². The van der Waals surface area contributed by atoms with Gasteiger partial charge in [0.15, 0.2) is 0 Å². The van der Waals surface area contributed by atoms with Gasteiger partial charge in [0.25, 0.3) is 0 Å². The highest BCUT2D eigenvalue weighted by molar-refractivity contribution is 4.86. The lowest BCUT2D eigenvalue weighted by atomic mass is 9.85. The van der Waals surface area contributed by atoms with Crippen LogP contribution in [0.15, 0.2) is 0 Å². The van der Waals surface area contributed by atoms with E-state index in [0.29, 0.717) is 11.5 Å². The summed E-state index contributed by atoms with van der Waals surface area (Å²) in [7, 11) is 2.37. The molecule has 106 valence electrons. The first-order chi connectivity index (χ1) is 8.48. The minimum Gasteiger partial charge on any atom is -0.328 e. The van der Waals surface area contributed by atoms with E-state index in [1.807, 2.05) is 0 Å². The minimum absolute atomic E-state index is 0.475. The van der Waals surface area contributed by atoms with Crippen LogP contribution in [0.3, 0.4) is 0 Å². The molecule has 0 aromatic carbocycles. The summed E-state index contributed by atoms with van der Waals surface area (Å²) in [6.07, 6.45) is 12.1. The third-order valence-electron chi connectivity index (χ3n) is 5.44. The third kappa shape index (κ3) is 3.71. The summed E-state index contributed by atoms with van der Waals surface area (Å²) in [6, 6.07) is 2.10. The van der Waals surface area contributed by atoms with E-state index in [1.54, 1.807) is 0 Å². The van der Waals surface area contributed by atoms with Gasteiger partial charge in [0.05, 0.1) is 0 Å². The molecule has 2 heteroatoms. The molecule has 0 bridgehead atoms. The van der Waals surface area contributed by atoms with Crippen molar-refractivity contribution in [3.05, 3.63) is 0 Å². The Morgan fingerprint density at radius 2 is 1.50 bits per heavy atom. The Hall–Kier alpha value is -0.0800. The second kappa shape index (κ2) is 5.92. The molecule has 2 nitrogen and oxygen atoms in total. The molecule has 1 unspecified atom stereocenters. The largest absolute Gasteiger partial charge is 0.328 e. The van der Waals surface area contributed by atoms with E-state index in [2.05, 4.69) is 25.8 Å². The van der Waals surface area contributed by atoms with Gasteiger partial charge in [-0.1, -0.05) is 20.3 Å². The van der Waals surface area contributed by atoms with Crippen LogP contribution >= 0.6 is 0 Å². The molecule has 0 aromatic heterocycles. The van der Waals surface area contributed by atoms with Gasteiger partial charge in [-0.05, 0) is 63.8 Å². The predicted molar refractivity (Wildman–Crippen MR) is 78.6 cm³/mol. The highest BCUT2D eigenvalue weighted by Gasteiger charge is 2.30. The van der Waals surface area contributed by atoms with Gasteiger partial charge in [0.1, 0.15) is 0 Å².